The zero-order valence-electron chi connectivity index (χ0n) is 10.6. The summed E-state index contributed by atoms with van der Waals surface area (Å²) in [4.78, 5) is 21.9. The van der Waals surface area contributed by atoms with Gasteiger partial charge in [-0.3, -0.25) is 9.59 Å². The van der Waals surface area contributed by atoms with E-state index in [4.69, 9.17) is 5.11 Å². The monoisotopic (exact) mass is 275 g/mol. The fourth-order valence-corrected chi connectivity index (χ4v) is 1.61. The van der Waals surface area contributed by atoms with Crippen molar-refractivity contribution in [1.82, 2.24) is 25.5 Å². The van der Waals surface area contributed by atoms with Gasteiger partial charge < -0.3 is 10.4 Å². The molecule has 1 amide bonds. The Kier molecular flexibility index (Phi) is 4.38. The second-order valence-corrected chi connectivity index (χ2v) is 4.09. The third-order valence-electron chi connectivity index (χ3n) is 2.54. The van der Waals surface area contributed by atoms with Crippen molar-refractivity contribution in [3.8, 4) is 0 Å². The average molecular weight is 275 g/mol. The van der Waals surface area contributed by atoms with Crippen molar-refractivity contribution in [2.75, 3.05) is 6.54 Å². The number of carboxylic acids is 1. The molecule has 104 valence electrons. The lowest BCUT2D eigenvalue weighted by Gasteiger charge is -2.05. The van der Waals surface area contributed by atoms with Crippen molar-refractivity contribution < 1.29 is 14.7 Å². The lowest BCUT2D eigenvalue weighted by molar-refractivity contribution is -0.137. The van der Waals surface area contributed by atoms with E-state index >= 15 is 0 Å². The van der Waals surface area contributed by atoms with Crippen molar-refractivity contribution >= 4 is 11.9 Å². The topological polar surface area (TPSA) is 110 Å². The third-order valence-corrected chi connectivity index (χ3v) is 2.54. The van der Waals surface area contributed by atoms with Crippen LogP contribution in [0.4, 0.5) is 0 Å². The average Bonchev–Trinajstić information content (AvgIpc) is 2.85. The maximum absolute atomic E-state index is 11.5. The summed E-state index contributed by atoms with van der Waals surface area (Å²) in [6.07, 6.45) is -0.0624. The number of nitrogens with zero attached hydrogens (tertiary/aromatic N) is 4. The van der Waals surface area contributed by atoms with Crippen LogP contribution in [0.2, 0.25) is 0 Å². The van der Waals surface area contributed by atoms with E-state index in [2.05, 4.69) is 20.8 Å². The summed E-state index contributed by atoms with van der Waals surface area (Å²) in [6, 6.07) is 9.56. The fourth-order valence-electron chi connectivity index (χ4n) is 1.61. The van der Waals surface area contributed by atoms with E-state index in [1.54, 1.807) is 0 Å². The molecule has 8 nitrogen and oxygen atoms in total. The number of benzene rings is 1. The molecule has 1 aromatic carbocycles. The van der Waals surface area contributed by atoms with E-state index in [0.717, 1.165) is 5.56 Å². The van der Waals surface area contributed by atoms with Crippen LogP contribution in [0.1, 0.15) is 11.4 Å². The van der Waals surface area contributed by atoms with Gasteiger partial charge >= 0.3 is 5.97 Å². The van der Waals surface area contributed by atoms with Gasteiger partial charge in [0.2, 0.25) is 5.91 Å². The summed E-state index contributed by atoms with van der Waals surface area (Å²) < 4.78 is 1.51. The van der Waals surface area contributed by atoms with Gasteiger partial charge in [-0.1, -0.05) is 30.3 Å². The molecule has 0 atom stereocenters. The van der Waals surface area contributed by atoms with Gasteiger partial charge in [-0.2, -0.15) is 0 Å². The number of amides is 1. The Morgan fingerprint density at radius 3 is 2.70 bits per heavy atom. The zero-order valence-corrected chi connectivity index (χ0v) is 10.6. The summed E-state index contributed by atoms with van der Waals surface area (Å²) in [5.74, 6) is -1.14. The molecule has 2 N–H and O–H groups in total. The number of tetrazole rings is 1. The Morgan fingerprint density at radius 2 is 2.00 bits per heavy atom. The number of aliphatic carboxylic acids is 1. The van der Waals surface area contributed by atoms with Crippen molar-refractivity contribution in [3.63, 3.8) is 0 Å². The fraction of sp³-hybridized carbons (Fsp3) is 0.250. The van der Waals surface area contributed by atoms with Gasteiger partial charge in [-0.25, -0.2) is 4.68 Å². The first-order chi connectivity index (χ1) is 9.65. The smallest absolute Gasteiger partial charge is 0.322 e. The van der Waals surface area contributed by atoms with Crippen LogP contribution in [0.25, 0.3) is 0 Å². The predicted octanol–water partition coefficient (Wildman–Crippen LogP) is -0.535. The van der Waals surface area contributed by atoms with Gasteiger partial charge in [0.05, 0.1) is 13.0 Å². The van der Waals surface area contributed by atoms with Crippen LogP contribution >= 0.6 is 0 Å². The van der Waals surface area contributed by atoms with Crippen molar-refractivity contribution in [1.29, 1.82) is 0 Å². The van der Waals surface area contributed by atoms with Crippen molar-refractivity contribution in [2.45, 2.75) is 13.0 Å². The second-order valence-electron chi connectivity index (χ2n) is 4.09. The van der Waals surface area contributed by atoms with E-state index in [9.17, 15) is 9.59 Å². The Bertz CT molecular complexity index is 596. The van der Waals surface area contributed by atoms with Gasteiger partial charge in [0.25, 0.3) is 0 Å². The minimum Gasteiger partial charge on any atom is -0.480 e. The Labute approximate surface area is 114 Å². The second kappa shape index (κ2) is 6.41. The first-order valence-electron chi connectivity index (χ1n) is 5.92. The van der Waals surface area contributed by atoms with E-state index in [-0.39, 0.29) is 6.42 Å². The van der Waals surface area contributed by atoms with Gasteiger partial charge in [0.15, 0.2) is 5.82 Å². The normalized spacial score (nSPS) is 10.2. The number of rotatable bonds is 6. The van der Waals surface area contributed by atoms with Crippen LogP contribution in [0, 0.1) is 0 Å². The Balaban J connectivity index is 1.98. The number of carboxylic acid groups (broad SMARTS) is 1. The van der Waals surface area contributed by atoms with Crippen molar-refractivity contribution in [2.24, 2.45) is 0 Å². The van der Waals surface area contributed by atoms with E-state index in [1.165, 1.54) is 4.68 Å². The molecule has 2 rings (SSSR count). The molecule has 1 heterocycles. The highest BCUT2D eigenvalue weighted by Gasteiger charge is 2.12. The van der Waals surface area contributed by atoms with Crippen LogP contribution in [-0.4, -0.2) is 43.7 Å². The SMILES string of the molecule is O=C(O)CNC(=O)Cc1nnnn1Cc1ccccc1. The van der Waals surface area contributed by atoms with Gasteiger partial charge in [-0.15, -0.1) is 5.10 Å². The minimum atomic E-state index is -1.10. The van der Waals surface area contributed by atoms with Crippen LogP contribution in [0.3, 0.4) is 0 Å². The number of hydrogen-bond donors (Lipinski definition) is 2. The number of hydrogen-bond acceptors (Lipinski definition) is 5. The molecular weight excluding hydrogens is 262 g/mol. The maximum Gasteiger partial charge on any atom is 0.322 e. The van der Waals surface area contributed by atoms with Crippen LogP contribution in [-0.2, 0) is 22.6 Å². The van der Waals surface area contributed by atoms with E-state index in [0.29, 0.717) is 12.4 Å². The Morgan fingerprint density at radius 1 is 1.25 bits per heavy atom. The molecule has 0 aliphatic carbocycles. The Hall–Kier alpha value is -2.77. The first kappa shape index (κ1) is 13.7. The highest BCUT2D eigenvalue weighted by Crippen LogP contribution is 2.03. The third kappa shape index (κ3) is 3.87. The standard InChI is InChI=1S/C12H13N5O3/c18-11(13-7-12(19)20)6-10-14-15-16-17(10)8-9-4-2-1-3-5-9/h1-5H,6-8H2,(H,13,18)(H,19,20). The molecule has 0 aliphatic heterocycles. The van der Waals surface area contributed by atoms with Gasteiger partial charge in [-0.05, 0) is 16.0 Å². The van der Waals surface area contributed by atoms with Crippen molar-refractivity contribution in [3.05, 3.63) is 41.7 Å². The molecule has 8 heteroatoms. The summed E-state index contributed by atoms with van der Waals surface area (Å²) in [5.41, 5.74) is 1.01. The zero-order chi connectivity index (χ0) is 14.4. The molecule has 0 spiro atoms. The lowest BCUT2D eigenvalue weighted by atomic mass is 10.2. The quantitative estimate of drug-likeness (QED) is 0.733. The summed E-state index contributed by atoms with van der Waals surface area (Å²) in [6.45, 7) is 0.0362. The molecule has 0 aliphatic rings. The van der Waals surface area contributed by atoms with Crippen LogP contribution in [0.15, 0.2) is 30.3 Å². The largest absolute Gasteiger partial charge is 0.480 e. The number of nitrogens with one attached hydrogen (secondary N) is 1. The molecule has 0 saturated heterocycles. The van der Waals surface area contributed by atoms with Gasteiger partial charge in [0, 0.05) is 0 Å². The maximum atomic E-state index is 11.5. The molecule has 0 bridgehead atoms. The lowest BCUT2D eigenvalue weighted by Crippen LogP contribution is -2.31. The first-order valence-corrected chi connectivity index (χ1v) is 5.92. The number of carbonyl (C=O) groups is 2. The summed E-state index contributed by atoms with van der Waals surface area (Å²) >= 11 is 0. The molecule has 0 fully saturated rings. The number of aromatic nitrogens is 4. The highest BCUT2D eigenvalue weighted by atomic mass is 16.4. The summed E-state index contributed by atoms with van der Waals surface area (Å²) in [5, 5.41) is 21.9. The predicted molar refractivity (Wildman–Crippen MR) is 67.7 cm³/mol. The molecule has 20 heavy (non-hydrogen) atoms. The molecule has 0 unspecified atom stereocenters. The van der Waals surface area contributed by atoms with E-state index < -0.39 is 18.4 Å². The molecule has 1 aromatic heterocycles. The molecule has 0 saturated carbocycles. The van der Waals surface area contributed by atoms with Crippen LogP contribution in [0.5, 0.6) is 0 Å². The highest BCUT2D eigenvalue weighted by molar-refractivity contribution is 5.82. The van der Waals surface area contributed by atoms with E-state index in [1.807, 2.05) is 30.3 Å². The summed E-state index contributed by atoms with van der Waals surface area (Å²) in [7, 11) is 0. The van der Waals surface area contributed by atoms with Crippen LogP contribution < -0.4 is 5.32 Å². The molecular formula is C12H13N5O3. The number of carbonyl (C=O) groups excluding carboxylic acids is 1. The van der Waals surface area contributed by atoms with Gasteiger partial charge in [0.1, 0.15) is 6.54 Å². The molecule has 2 aromatic rings. The molecule has 0 radical (unpaired) electrons. The minimum absolute atomic E-state index is 0.0624.